The van der Waals surface area contributed by atoms with Crippen molar-refractivity contribution in [2.45, 2.75) is 26.2 Å². The lowest BCUT2D eigenvalue weighted by Crippen LogP contribution is -2.52. The molecule has 2 saturated heterocycles. The Bertz CT molecular complexity index is 1190. The van der Waals surface area contributed by atoms with Crippen molar-refractivity contribution in [3.05, 3.63) is 77.5 Å². The number of piperidine rings is 1. The van der Waals surface area contributed by atoms with Crippen LogP contribution >= 0.6 is 0 Å². The molecule has 1 aromatic heterocycles. The highest BCUT2D eigenvalue weighted by Gasteiger charge is 2.42. The maximum absolute atomic E-state index is 15.3. The number of rotatable bonds is 6. The van der Waals surface area contributed by atoms with E-state index in [2.05, 4.69) is 16.5 Å². The molecule has 0 atom stereocenters. The minimum absolute atomic E-state index is 0.108. The second-order valence-electron chi connectivity index (χ2n) is 9.03. The first-order chi connectivity index (χ1) is 16.8. The summed E-state index contributed by atoms with van der Waals surface area (Å²) in [5.41, 5.74) is 13.5. The number of halogens is 2. The summed E-state index contributed by atoms with van der Waals surface area (Å²) in [6.45, 7) is 7.79. The molecule has 0 radical (unpaired) electrons. The number of aryl methyl sites for hydroxylation is 1. The van der Waals surface area contributed by atoms with Crippen molar-refractivity contribution in [1.29, 1.82) is 0 Å². The van der Waals surface area contributed by atoms with Crippen LogP contribution in [0.2, 0.25) is 0 Å². The van der Waals surface area contributed by atoms with E-state index in [0.29, 0.717) is 60.9 Å². The highest BCUT2D eigenvalue weighted by atomic mass is 19.1. The molecule has 7 nitrogen and oxygen atoms in total. The van der Waals surface area contributed by atoms with E-state index in [0.717, 1.165) is 25.0 Å². The van der Waals surface area contributed by atoms with E-state index in [4.69, 9.17) is 16.2 Å². The zero-order valence-electron chi connectivity index (χ0n) is 19.7. The van der Waals surface area contributed by atoms with Crippen LogP contribution < -0.4 is 11.5 Å². The summed E-state index contributed by atoms with van der Waals surface area (Å²) in [5, 5.41) is 0. The van der Waals surface area contributed by atoms with Gasteiger partial charge in [-0.05, 0) is 37.5 Å². The summed E-state index contributed by atoms with van der Waals surface area (Å²) in [4.78, 5) is 23.1. The lowest BCUT2D eigenvalue weighted by atomic mass is 9.77. The lowest BCUT2D eigenvalue weighted by molar-refractivity contribution is -0.136. The number of hydrogen-bond donors (Lipinski definition) is 2. The fraction of sp³-hybridized carbons (Fsp3) is 0.346. The molecule has 9 heteroatoms. The van der Waals surface area contributed by atoms with Gasteiger partial charge in [-0.1, -0.05) is 19.6 Å². The molecule has 0 bridgehead atoms. The van der Waals surface area contributed by atoms with Gasteiger partial charge in [0.25, 0.3) is 5.91 Å². The van der Waals surface area contributed by atoms with Gasteiger partial charge in [0.1, 0.15) is 23.5 Å². The minimum Gasteiger partial charge on any atom is -0.404 e. The Morgan fingerprint density at radius 2 is 1.83 bits per heavy atom. The summed E-state index contributed by atoms with van der Waals surface area (Å²) in [6, 6.07) is 2.26. The van der Waals surface area contributed by atoms with Gasteiger partial charge >= 0.3 is 0 Å². The minimum atomic E-state index is -0.941. The van der Waals surface area contributed by atoms with Gasteiger partial charge in [0.2, 0.25) is 0 Å². The number of ether oxygens (including phenoxy) is 1. The van der Waals surface area contributed by atoms with Crippen LogP contribution in [-0.2, 0) is 11.2 Å². The Morgan fingerprint density at radius 3 is 2.34 bits per heavy atom. The lowest BCUT2D eigenvalue weighted by Gasteiger charge is -2.47. The smallest absolute Gasteiger partial charge is 0.259 e. The third-order valence-corrected chi connectivity index (χ3v) is 6.66. The molecule has 2 fully saturated rings. The van der Waals surface area contributed by atoms with Crippen LogP contribution in [0.15, 0.2) is 49.1 Å². The van der Waals surface area contributed by atoms with Gasteiger partial charge in [-0.3, -0.25) is 4.79 Å². The Hall–Kier alpha value is -3.59. The van der Waals surface area contributed by atoms with E-state index in [9.17, 15) is 4.79 Å². The number of aromatic nitrogens is 2. The molecule has 1 spiro atoms. The first-order valence-corrected chi connectivity index (χ1v) is 11.5. The van der Waals surface area contributed by atoms with Gasteiger partial charge in [-0.25, -0.2) is 18.7 Å². The van der Waals surface area contributed by atoms with Crippen molar-refractivity contribution in [2.75, 3.05) is 26.3 Å². The molecular formula is C26H29F2N5O2. The van der Waals surface area contributed by atoms with Gasteiger partial charge < -0.3 is 21.1 Å². The molecule has 4 N–H and O–H groups in total. The largest absolute Gasteiger partial charge is 0.404 e. The van der Waals surface area contributed by atoms with Crippen molar-refractivity contribution < 1.29 is 18.3 Å². The molecule has 2 aliphatic rings. The molecule has 4 rings (SSSR count). The standard InChI is InChI=1S/C26H29F2N5O2/c1-3-21-22(17(12-29)5-4-16(2)30)24(32-15-31-21)18-10-19(27)23(20(28)11-18)25(34)33-8-6-26(7-9-33)13-35-14-26/h4-5,10-12,15H,2-3,6-9,13-14,29-30H2,1H3/b5-4-,17-12+. The molecule has 0 aliphatic carbocycles. The van der Waals surface area contributed by atoms with E-state index in [-0.39, 0.29) is 11.0 Å². The topological polar surface area (TPSA) is 107 Å². The molecule has 1 aromatic carbocycles. The third-order valence-electron chi connectivity index (χ3n) is 6.66. The van der Waals surface area contributed by atoms with Crippen molar-refractivity contribution >= 4 is 11.5 Å². The first-order valence-electron chi connectivity index (χ1n) is 11.5. The SMILES string of the molecule is C=C(N)/C=C\C(=C/N)c1c(CC)ncnc1-c1cc(F)c(C(=O)N2CCC3(CC2)COC3)c(F)c1. The van der Waals surface area contributed by atoms with Crippen LogP contribution in [0.25, 0.3) is 16.8 Å². The van der Waals surface area contributed by atoms with Crippen molar-refractivity contribution in [2.24, 2.45) is 16.9 Å². The number of nitrogens with zero attached hydrogens (tertiary/aromatic N) is 3. The van der Waals surface area contributed by atoms with Gasteiger partial charge in [0.15, 0.2) is 0 Å². The average molecular weight is 482 g/mol. The Kier molecular flexibility index (Phi) is 6.98. The van der Waals surface area contributed by atoms with Crippen LogP contribution in [0.1, 0.15) is 41.4 Å². The van der Waals surface area contributed by atoms with E-state index in [1.807, 2.05) is 6.92 Å². The predicted molar refractivity (Wildman–Crippen MR) is 130 cm³/mol. The highest BCUT2D eigenvalue weighted by molar-refractivity contribution is 5.96. The molecule has 0 saturated carbocycles. The number of carbonyl (C=O) groups excluding carboxylic acids is 1. The molecule has 2 aromatic rings. The summed E-state index contributed by atoms with van der Waals surface area (Å²) in [6.07, 6.45) is 7.95. The summed E-state index contributed by atoms with van der Waals surface area (Å²) in [7, 11) is 0. The number of nitrogens with two attached hydrogens (primary N) is 2. The molecule has 184 valence electrons. The maximum atomic E-state index is 15.3. The van der Waals surface area contributed by atoms with Crippen molar-refractivity contribution in [3.8, 4) is 11.3 Å². The second-order valence-corrected chi connectivity index (χ2v) is 9.03. The number of allylic oxidation sites excluding steroid dienone is 3. The third kappa shape index (κ3) is 4.81. The summed E-state index contributed by atoms with van der Waals surface area (Å²) >= 11 is 0. The van der Waals surface area contributed by atoms with Crippen LogP contribution in [-0.4, -0.2) is 47.1 Å². The number of hydrogen-bond acceptors (Lipinski definition) is 6. The van der Waals surface area contributed by atoms with Gasteiger partial charge in [0, 0.05) is 47.1 Å². The predicted octanol–water partition coefficient (Wildman–Crippen LogP) is 3.57. The molecule has 35 heavy (non-hydrogen) atoms. The van der Waals surface area contributed by atoms with Crippen LogP contribution in [0.5, 0.6) is 0 Å². The number of likely N-dealkylation sites (tertiary alicyclic amines) is 1. The van der Waals surface area contributed by atoms with Gasteiger partial charge in [0.05, 0.1) is 24.6 Å². The molecule has 1 amide bonds. The van der Waals surface area contributed by atoms with Crippen LogP contribution in [0.4, 0.5) is 8.78 Å². The number of amides is 1. The fourth-order valence-electron chi connectivity index (χ4n) is 4.57. The monoisotopic (exact) mass is 481 g/mol. The van der Waals surface area contributed by atoms with E-state index < -0.39 is 23.1 Å². The van der Waals surface area contributed by atoms with Crippen molar-refractivity contribution in [1.82, 2.24) is 14.9 Å². The van der Waals surface area contributed by atoms with Gasteiger partial charge in [-0.15, -0.1) is 0 Å². The van der Waals surface area contributed by atoms with Crippen LogP contribution in [0.3, 0.4) is 0 Å². The fourth-order valence-corrected chi connectivity index (χ4v) is 4.57. The zero-order chi connectivity index (χ0) is 25.2. The molecule has 3 heterocycles. The summed E-state index contributed by atoms with van der Waals surface area (Å²) < 4.78 is 35.8. The molecular weight excluding hydrogens is 452 g/mol. The summed E-state index contributed by atoms with van der Waals surface area (Å²) in [5.74, 6) is -2.53. The van der Waals surface area contributed by atoms with Crippen molar-refractivity contribution in [3.63, 3.8) is 0 Å². The Balaban J connectivity index is 1.69. The quantitative estimate of drug-likeness (QED) is 0.611. The highest BCUT2D eigenvalue weighted by Crippen LogP contribution is 2.39. The van der Waals surface area contributed by atoms with E-state index >= 15 is 8.78 Å². The Morgan fingerprint density at radius 1 is 1.17 bits per heavy atom. The molecule has 0 unspecified atom stereocenters. The number of benzene rings is 1. The first kappa shape index (κ1) is 24.5. The zero-order valence-corrected chi connectivity index (χ0v) is 19.7. The maximum Gasteiger partial charge on any atom is 0.259 e. The van der Waals surface area contributed by atoms with E-state index in [1.165, 1.54) is 17.4 Å². The van der Waals surface area contributed by atoms with Crippen LogP contribution in [0, 0.1) is 17.0 Å². The second kappa shape index (κ2) is 9.95. The van der Waals surface area contributed by atoms with Gasteiger partial charge in [-0.2, -0.15) is 0 Å². The van der Waals surface area contributed by atoms with E-state index in [1.54, 1.807) is 12.2 Å². The number of carbonyl (C=O) groups is 1. The normalized spacial score (nSPS) is 17.6. The Labute approximate surface area is 203 Å². The average Bonchev–Trinajstić information content (AvgIpc) is 2.82. The molecule has 2 aliphatic heterocycles.